The summed E-state index contributed by atoms with van der Waals surface area (Å²) in [5.41, 5.74) is 11.7. The largest absolute Gasteiger partial charge is 0.334 e. The summed E-state index contributed by atoms with van der Waals surface area (Å²) < 4.78 is 17.0. The summed E-state index contributed by atoms with van der Waals surface area (Å²) in [4.78, 5) is 0. The quantitative estimate of drug-likeness (QED) is 0.166. The second kappa shape index (κ2) is 22.5. The Bertz CT molecular complexity index is 1360. The second-order valence-corrected chi connectivity index (χ2v) is 9.55. The SMILES string of the molecule is C=C.C=CN(C)NC(=C)c1c(C2=CC=CCC2=C)c2cc(C)ccc2n1C/C(=C/C(=C\C)C(C)C)C(=C)F.CC.CC.CC. The molecule has 0 aliphatic heterocycles. The molecule has 1 aromatic carbocycles. The molecular weight excluding hydrogens is 541 g/mol. The number of hydrogen-bond acceptors (Lipinski definition) is 2. The topological polar surface area (TPSA) is 20.2 Å². The molecule has 3 rings (SSSR count). The van der Waals surface area contributed by atoms with Crippen molar-refractivity contribution in [3.05, 3.63) is 134 Å². The van der Waals surface area contributed by atoms with Crippen molar-refractivity contribution < 1.29 is 4.39 Å². The van der Waals surface area contributed by atoms with Gasteiger partial charge in [-0.1, -0.05) is 124 Å². The maximum absolute atomic E-state index is 14.9. The number of nitrogens with one attached hydrogen (secondary N) is 1. The molecule has 0 radical (unpaired) electrons. The predicted molar refractivity (Wildman–Crippen MR) is 200 cm³/mol. The lowest BCUT2D eigenvalue weighted by Gasteiger charge is -2.23. The lowest BCUT2D eigenvalue weighted by atomic mass is 9.90. The Morgan fingerprint density at radius 1 is 1.09 bits per heavy atom. The molecule has 0 unspecified atom stereocenters. The van der Waals surface area contributed by atoms with Crippen LogP contribution in [0.1, 0.15) is 85.6 Å². The molecule has 0 saturated heterocycles. The van der Waals surface area contributed by atoms with Crippen LogP contribution in [-0.2, 0) is 6.54 Å². The van der Waals surface area contributed by atoms with Crippen molar-refractivity contribution in [2.75, 3.05) is 7.05 Å². The monoisotopic (exact) mass is 601 g/mol. The molecule has 0 saturated carbocycles. The minimum absolute atomic E-state index is 0.267. The average molecular weight is 602 g/mol. The molecule has 4 heteroatoms. The highest BCUT2D eigenvalue weighted by atomic mass is 19.1. The first-order valence-electron chi connectivity index (χ1n) is 15.8. The molecule has 1 aromatic heterocycles. The molecule has 1 aliphatic carbocycles. The Labute approximate surface area is 269 Å². The third-order valence-corrected chi connectivity index (χ3v) is 6.52. The summed E-state index contributed by atoms with van der Waals surface area (Å²) in [7, 11) is 1.87. The van der Waals surface area contributed by atoms with Gasteiger partial charge in [0.05, 0.1) is 17.9 Å². The first kappa shape index (κ1) is 42.1. The van der Waals surface area contributed by atoms with Crippen molar-refractivity contribution in [2.45, 2.75) is 82.2 Å². The third-order valence-electron chi connectivity index (χ3n) is 6.52. The number of hydrogen-bond donors (Lipinski definition) is 1. The number of aromatic nitrogens is 1. The van der Waals surface area contributed by atoms with Crippen molar-refractivity contribution in [3.63, 3.8) is 0 Å². The molecule has 1 heterocycles. The van der Waals surface area contributed by atoms with Gasteiger partial charge in [0.15, 0.2) is 0 Å². The summed E-state index contributed by atoms with van der Waals surface area (Å²) in [5, 5.41) is 2.83. The van der Waals surface area contributed by atoms with Gasteiger partial charge in [-0.3, -0.25) is 10.4 Å². The number of halogens is 1. The van der Waals surface area contributed by atoms with Crippen LogP contribution < -0.4 is 5.43 Å². The summed E-state index contributed by atoms with van der Waals surface area (Å²) in [6, 6.07) is 6.37. The minimum Gasteiger partial charge on any atom is -0.334 e. The molecule has 44 heavy (non-hydrogen) atoms. The van der Waals surface area contributed by atoms with Gasteiger partial charge in [-0.05, 0) is 55.0 Å². The van der Waals surface area contributed by atoms with Gasteiger partial charge in [-0.2, -0.15) is 0 Å². The summed E-state index contributed by atoms with van der Waals surface area (Å²) in [6.45, 7) is 42.8. The number of hydrazine groups is 1. The highest BCUT2D eigenvalue weighted by Gasteiger charge is 2.25. The Balaban J connectivity index is 0. The molecule has 0 atom stereocenters. The maximum atomic E-state index is 14.9. The van der Waals surface area contributed by atoms with Gasteiger partial charge >= 0.3 is 0 Å². The van der Waals surface area contributed by atoms with E-state index in [1.54, 1.807) is 11.2 Å². The van der Waals surface area contributed by atoms with Crippen LogP contribution in [0.15, 0.2) is 117 Å². The highest BCUT2D eigenvalue weighted by molar-refractivity contribution is 6.03. The van der Waals surface area contributed by atoms with Gasteiger partial charge in [-0.25, -0.2) is 4.39 Å². The Morgan fingerprint density at radius 3 is 2.16 bits per heavy atom. The molecular formula is C40H60FN3. The van der Waals surface area contributed by atoms with E-state index in [2.05, 4.69) is 107 Å². The second-order valence-electron chi connectivity index (χ2n) is 9.55. The molecule has 1 aliphatic rings. The van der Waals surface area contributed by atoms with Crippen molar-refractivity contribution >= 4 is 22.2 Å². The standard InChI is InChI=1S/C32H38FN3.3C2H6.C2H4/c1-10-26(21(3)4)19-27(24(7)33)20-36-30-17-16-22(5)18-29(30)31(28-15-13-12-14-23(28)6)32(36)25(8)34-35(9)11-2;4*1-2/h10-13,15-19,21,34H,2,6-8,14,20H2,1,3-5,9H3;3*1-2H3;1-2H2/b26-10+,27-19-;;;;. The van der Waals surface area contributed by atoms with Crippen molar-refractivity contribution in [2.24, 2.45) is 5.92 Å². The van der Waals surface area contributed by atoms with Gasteiger partial charge < -0.3 is 4.57 Å². The van der Waals surface area contributed by atoms with Crippen LogP contribution >= 0.6 is 0 Å². The molecule has 0 spiro atoms. The normalized spacial score (nSPS) is 12.2. The molecule has 0 fully saturated rings. The fourth-order valence-electron chi connectivity index (χ4n) is 4.56. The summed E-state index contributed by atoms with van der Waals surface area (Å²) in [5.74, 6) is -0.175. The fourth-order valence-corrected chi connectivity index (χ4v) is 4.56. The number of fused-ring (bicyclic) bond motifs is 1. The van der Waals surface area contributed by atoms with Crippen LogP contribution in [0.3, 0.4) is 0 Å². The zero-order valence-corrected chi connectivity index (χ0v) is 29.7. The molecule has 1 N–H and O–H groups in total. The third kappa shape index (κ3) is 11.2. The van der Waals surface area contributed by atoms with E-state index in [1.807, 2.05) is 67.7 Å². The maximum Gasteiger partial charge on any atom is 0.121 e. The van der Waals surface area contributed by atoms with E-state index < -0.39 is 5.83 Å². The lowest BCUT2D eigenvalue weighted by molar-refractivity contribution is 0.398. The minimum atomic E-state index is -0.442. The van der Waals surface area contributed by atoms with E-state index in [0.717, 1.165) is 50.9 Å². The van der Waals surface area contributed by atoms with Crippen LogP contribution in [0.25, 0.3) is 22.2 Å². The predicted octanol–water partition coefficient (Wildman–Crippen LogP) is 12.3. The Morgan fingerprint density at radius 2 is 1.68 bits per heavy atom. The van der Waals surface area contributed by atoms with Gasteiger partial charge in [-0.15, -0.1) is 13.2 Å². The van der Waals surface area contributed by atoms with Gasteiger partial charge in [0.1, 0.15) is 5.83 Å². The lowest BCUT2D eigenvalue weighted by Crippen LogP contribution is -2.28. The Kier molecular flexibility index (Phi) is 21.5. The van der Waals surface area contributed by atoms with Crippen molar-refractivity contribution in [1.29, 1.82) is 0 Å². The first-order valence-corrected chi connectivity index (χ1v) is 15.8. The van der Waals surface area contributed by atoms with E-state index in [4.69, 9.17) is 0 Å². The molecule has 3 nitrogen and oxygen atoms in total. The van der Waals surface area contributed by atoms with Crippen molar-refractivity contribution in [1.82, 2.24) is 15.0 Å². The van der Waals surface area contributed by atoms with Crippen LogP contribution in [0.5, 0.6) is 0 Å². The van der Waals surface area contributed by atoms with Gasteiger partial charge in [0.2, 0.25) is 0 Å². The van der Waals surface area contributed by atoms with Crippen LogP contribution in [-0.4, -0.2) is 16.6 Å². The van der Waals surface area contributed by atoms with Gasteiger partial charge in [0, 0.05) is 35.3 Å². The summed E-state index contributed by atoms with van der Waals surface area (Å²) >= 11 is 0. The molecule has 2 aromatic rings. The van der Waals surface area contributed by atoms with E-state index in [9.17, 15) is 4.39 Å². The van der Waals surface area contributed by atoms with Crippen LogP contribution in [0, 0.1) is 12.8 Å². The first-order chi connectivity index (χ1) is 21.1. The van der Waals surface area contributed by atoms with Crippen LogP contribution in [0.4, 0.5) is 4.39 Å². The summed E-state index contributed by atoms with van der Waals surface area (Å²) in [6.07, 6.45) is 12.7. The van der Waals surface area contributed by atoms with E-state index in [1.165, 1.54) is 0 Å². The van der Waals surface area contributed by atoms with Gasteiger partial charge in [0.25, 0.3) is 0 Å². The fraction of sp³-hybridized carbons (Fsp3) is 0.350. The highest BCUT2D eigenvalue weighted by Crippen LogP contribution is 2.40. The average Bonchev–Trinajstić information content (AvgIpc) is 3.35. The van der Waals surface area contributed by atoms with E-state index in [-0.39, 0.29) is 5.92 Å². The number of nitrogens with zero attached hydrogens (tertiary/aromatic N) is 2. The van der Waals surface area contributed by atoms with E-state index >= 15 is 0 Å². The zero-order chi connectivity index (χ0) is 34.6. The van der Waals surface area contributed by atoms with Crippen molar-refractivity contribution in [3.8, 4) is 0 Å². The number of allylic oxidation sites excluding steroid dienone is 10. The Hall–Kier alpha value is -4.05. The number of aryl methyl sites for hydroxylation is 1. The smallest absolute Gasteiger partial charge is 0.121 e. The molecule has 242 valence electrons. The zero-order valence-electron chi connectivity index (χ0n) is 29.7. The van der Waals surface area contributed by atoms with E-state index in [0.29, 0.717) is 17.8 Å². The number of rotatable bonds is 10. The molecule has 0 amide bonds. The molecule has 0 bridgehead atoms. The number of benzene rings is 1. The van der Waals surface area contributed by atoms with Crippen LogP contribution in [0.2, 0.25) is 0 Å².